The summed E-state index contributed by atoms with van der Waals surface area (Å²) in [7, 11) is 2.16. The summed E-state index contributed by atoms with van der Waals surface area (Å²) in [4.78, 5) is 38.2. The first kappa shape index (κ1) is 25.8. The first-order valence-corrected chi connectivity index (χ1v) is 13.1. The molecule has 5 rings (SSSR count). The lowest BCUT2D eigenvalue weighted by Gasteiger charge is -2.32. The van der Waals surface area contributed by atoms with Crippen LogP contribution in [0, 0.1) is 6.92 Å². The average molecular weight is 514 g/mol. The number of H-pyrrole nitrogens is 1. The number of pyridine rings is 2. The Morgan fingerprint density at radius 2 is 1.92 bits per heavy atom. The molecule has 1 aliphatic rings. The topological polar surface area (TPSA) is 99.2 Å². The number of likely N-dealkylation sites (N-methyl/N-ethyl adjacent to an activating group) is 1. The van der Waals surface area contributed by atoms with Gasteiger partial charge in [0.25, 0.3) is 11.5 Å². The van der Waals surface area contributed by atoms with Gasteiger partial charge in [0.05, 0.1) is 22.8 Å². The number of piperazine rings is 1. The molecule has 9 nitrogen and oxygen atoms in total. The maximum Gasteiger partial charge on any atom is 0.253 e. The highest BCUT2D eigenvalue weighted by molar-refractivity contribution is 6.06. The van der Waals surface area contributed by atoms with Crippen LogP contribution in [0.5, 0.6) is 0 Å². The van der Waals surface area contributed by atoms with Crippen molar-refractivity contribution in [2.24, 2.45) is 0 Å². The van der Waals surface area contributed by atoms with Crippen LogP contribution in [0.1, 0.15) is 46.9 Å². The summed E-state index contributed by atoms with van der Waals surface area (Å²) in [5, 5.41) is 8.16. The number of carbonyl (C=O) groups excluding carboxylic acids is 1. The number of benzene rings is 1. The fraction of sp³-hybridized carbons (Fsp3) is 0.379. The number of hydrogen-bond acceptors (Lipinski definition) is 6. The second-order valence-electron chi connectivity index (χ2n) is 10.4. The summed E-state index contributed by atoms with van der Waals surface area (Å²) in [5.41, 5.74) is 5.23. The largest absolute Gasteiger partial charge is 0.348 e. The van der Waals surface area contributed by atoms with Crippen molar-refractivity contribution >= 4 is 16.9 Å². The van der Waals surface area contributed by atoms with Crippen molar-refractivity contribution in [1.82, 2.24) is 34.9 Å². The maximum absolute atomic E-state index is 13.5. The van der Waals surface area contributed by atoms with Crippen molar-refractivity contribution < 1.29 is 4.79 Å². The van der Waals surface area contributed by atoms with Crippen LogP contribution in [-0.4, -0.2) is 68.7 Å². The summed E-state index contributed by atoms with van der Waals surface area (Å²) in [5.74, 6) is -0.266. The van der Waals surface area contributed by atoms with E-state index in [0.29, 0.717) is 22.2 Å². The van der Waals surface area contributed by atoms with E-state index in [1.807, 2.05) is 43.7 Å². The molecule has 0 bridgehead atoms. The first-order valence-electron chi connectivity index (χ1n) is 13.1. The summed E-state index contributed by atoms with van der Waals surface area (Å²) in [6.45, 7) is 11.2. The zero-order valence-corrected chi connectivity index (χ0v) is 22.5. The van der Waals surface area contributed by atoms with Crippen LogP contribution in [0.25, 0.3) is 22.3 Å². The van der Waals surface area contributed by atoms with E-state index in [2.05, 4.69) is 50.4 Å². The monoisotopic (exact) mass is 513 g/mol. The number of aryl methyl sites for hydroxylation is 1. The highest BCUT2D eigenvalue weighted by Gasteiger charge is 2.20. The predicted molar refractivity (Wildman–Crippen MR) is 149 cm³/mol. The molecule has 0 aliphatic carbocycles. The van der Waals surface area contributed by atoms with E-state index in [1.165, 1.54) is 5.56 Å². The van der Waals surface area contributed by atoms with Gasteiger partial charge in [0.15, 0.2) is 5.65 Å². The molecule has 4 aromatic rings. The number of hydrogen-bond donors (Lipinski definition) is 2. The van der Waals surface area contributed by atoms with Crippen LogP contribution in [0.4, 0.5) is 0 Å². The van der Waals surface area contributed by atoms with Crippen molar-refractivity contribution in [2.45, 2.75) is 39.9 Å². The van der Waals surface area contributed by atoms with Crippen LogP contribution in [0.3, 0.4) is 0 Å². The van der Waals surface area contributed by atoms with Gasteiger partial charge in [-0.3, -0.25) is 14.5 Å². The van der Waals surface area contributed by atoms with E-state index < -0.39 is 0 Å². The van der Waals surface area contributed by atoms with Gasteiger partial charge >= 0.3 is 0 Å². The van der Waals surface area contributed by atoms with E-state index in [4.69, 9.17) is 4.98 Å². The molecule has 1 aliphatic heterocycles. The number of aromatic amines is 1. The average Bonchev–Trinajstić information content (AvgIpc) is 3.34. The molecule has 198 valence electrons. The van der Waals surface area contributed by atoms with Crippen molar-refractivity contribution in [3.63, 3.8) is 0 Å². The van der Waals surface area contributed by atoms with E-state index in [9.17, 15) is 9.59 Å². The van der Waals surface area contributed by atoms with Gasteiger partial charge in [-0.25, -0.2) is 9.67 Å². The van der Waals surface area contributed by atoms with E-state index >= 15 is 0 Å². The molecular weight excluding hydrogens is 478 g/mol. The number of nitrogens with zero attached hydrogens (tertiary/aromatic N) is 5. The second kappa shape index (κ2) is 10.9. The van der Waals surface area contributed by atoms with Gasteiger partial charge in [0.1, 0.15) is 0 Å². The molecule has 1 saturated heterocycles. The number of rotatable bonds is 7. The number of amides is 1. The Morgan fingerprint density at radius 3 is 2.66 bits per heavy atom. The Labute approximate surface area is 222 Å². The lowest BCUT2D eigenvalue weighted by Crippen LogP contribution is -2.43. The summed E-state index contributed by atoms with van der Waals surface area (Å²) in [6.07, 6.45) is 3.31. The van der Waals surface area contributed by atoms with Crippen LogP contribution in [0.2, 0.25) is 0 Å². The Hall–Kier alpha value is -3.82. The van der Waals surface area contributed by atoms with Gasteiger partial charge in [-0.15, -0.1) is 0 Å². The molecule has 0 radical (unpaired) electrons. The number of nitrogens with one attached hydrogen (secondary N) is 2. The third-order valence-corrected chi connectivity index (χ3v) is 7.25. The van der Waals surface area contributed by atoms with Crippen LogP contribution in [-0.2, 0) is 13.1 Å². The van der Waals surface area contributed by atoms with E-state index in [0.717, 1.165) is 49.5 Å². The number of fused-ring (bicyclic) bond motifs is 1. The quantitative estimate of drug-likeness (QED) is 0.393. The molecule has 0 atom stereocenters. The van der Waals surface area contributed by atoms with Gasteiger partial charge < -0.3 is 15.2 Å². The Kier molecular flexibility index (Phi) is 7.40. The molecular formula is C29H35N7O2. The molecule has 0 saturated carbocycles. The molecule has 1 amide bonds. The maximum atomic E-state index is 13.5. The smallest absolute Gasteiger partial charge is 0.253 e. The molecule has 2 N–H and O–H groups in total. The van der Waals surface area contributed by atoms with E-state index in [1.54, 1.807) is 12.4 Å². The Balaban J connectivity index is 1.48. The normalized spacial score (nSPS) is 14.9. The van der Waals surface area contributed by atoms with Crippen LogP contribution >= 0.6 is 0 Å². The fourth-order valence-corrected chi connectivity index (χ4v) is 4.92. The summed E-state index contributed by atoms with van der Waals surface area (Å²) < 4.78 is 1.84. The predicted octanol–water partition coefficient (Wildman–Crippen LogP) is 3.35. The van der Waals surface area contributed by atoms with Crippen molar-refractivity contribution in [2.75, 3.05) is 33.2 Å². The van der Waals surface area contributed by atoms with Crippen LogP contribution in [0.15, 0.2) is 53.6 Å². The molecule has 0 unspecified atom stereocenters. The summed E-state index contributed by atoms with van der Waals surface area (Å²) in [6, 6.07) is 12.1. The first-order chi connectivity index (χ1) is 18.3. The van der Waals surface area contributed by atoms with Crippen molar-refractivity contribution in [3.05, 3.63) is 81.4 Å². The van der Waals surface area contributed by atoms with E-state index in [-0.39, 0.29) is 24.1 Å². The molecule has 3 aromatic heterocycles. The molecule has 9 heteroatoms. The standard InChI is InChI=1S/C29H35N7O2/c1-19(2)36-27-25(17-32-36)23(28(37)31-16-24-20(3)8-9-30-29(24)38)15-26(33-27)22-7-5-6-21(14-22)18-35-12-10-34(4)11-13-35/h5-9,14-15,17,19H,10-13,16,18H2,1-4H3,(H,30,38)(H,31,37). The SMILES string of the molecule is Cc1cc[nH]c(=O)c1CNC(=O)c1cc(-c2cccc(CN3CCN(C)CC3)c2)nc2c1cnn2C(C)C. The second-order valence-corrected chi connectivity index (χ2v) is 10.4. The lowest BCUT2D eigenvalue weighted by molar-refractivity contribution is 0.0952. The number of aromatic nitrogens is 4. The highest BCUT2D eigenvalue weighted by Crippen LogP contribution is 2.27. The molecule has 4 heterocycles. The third-order valence-electron chi connectivity index (χ3n) is 7.25. The molecule has 1 fully saturated rings. The van der Waals surface area contributed by atoms with Gasteiger partial charge in [-0.2, -0.15) is 5.10 Å². The van der Waals surface area contributed by atoms with Gasteiger partial charge in [0, 0.05) is 62.6 Å². The van der Waals surface area contributed by atoms with Crippen LogP contribution < -0.4 is 10.9 Å². The fourth-order valence-electron chi connectivity index (χ4n) is 4.92. The van der Waals surface area contributed by atoms with Gasteiger partial charge in [-0.1, -0.05) is 18.2 Å². The lowest BCUT2D eigenvalue weighted by atomic mass is 10.0. The highest BCUT2D eigenvalue weighted by atomic mass is 16.1. The summed E-state index contributed by atoms with van der Waals surface area (Å²) >= 11 is 0. The molecule has 38 heavy (non-hydrogen) atoms. The Morgan fingerprint density at radius 1 is 1.13 bits per heavy atom. The minimum absolute atomic E-state index is 0.0836. The zero-order chi connectivity index (χ0) is 26.8. The minimum Gasteiger partial charge on any atom is -0.348 e. The molecule has 0 spiro atoms. The zero-order valence-electron chi connectivity index (χ0n) is 22.5. The van der Waals surface area contributed by atoms with Gasteiger partial charge in [-0.05, 0) is 57.1 Å². The molecule has 1 aromatic carbocycles. The minimum atomic E-state index is -0.266. The Bertz CT molecular complexity index is 1510. The number of carbonyl (C=O) groups is 1. The van der Waals surface area contributed by atoms with Crippen molar-refractivity contribution in [3.8, 4) is 11.3 Å². The van der Waals surface area contributed by atoms with Gasteiger partial charge in [0.2, 0.25) is 0 Å². The van der Waals surface area contributed by atoms with Crippen molar-refractivity contribution in [1.29, 1.82) is 0 Å². The third kappa shape index (κ3) is 5.39.